The van der Waals surface area contributed by atoms with Gasteiger partial charge in [-0.15, -0.1) is 0 Å². The highest BCUT2D eigenvalue weighted by Gasteiger charge is 2.09. The summed E-state index contributed by atoms with van der Waals surface area (Å²) < 4.78 is 19.5. The molecule has 0 unspecified atom stereocenters. The molecule has 2 nitrogen and oxygen atoms in total. The van der Waals surface area contributed by atoms with E-state index in [2.05, 4.69) is 11.1 Å². The number of benzene rings is 2. The van der Waals surface area contributed by atoms with Crippen molar-refractivity contribution in [2.75, 3.05) is 0 Å². The van der Waals surface area contributed by atoms with Gasteiger partial charge in [-0.3, -0.25) is 0 Å². The van der Waals surface area contributed by atoms with Crippen LogP contribution >= 0.6 is 34.8 Å². The van der Waals surface area contributed by atoms with E-state index in [1.807, 2.05) is 0 Å². The van der Waals surface area contributed by atoms with Crippen LogP contribution in [0.5, 0.6) is 5.75 Å². The summed E-state index contributed by atoms with van der Waals surface area (Å²) in [5.74, 6) is -0.176. The van der Waals surface area contributed by atoms with E-state index in [-0.39, 0.29) is 6.61 Å². The lowest BCUT2D eigenvalue weighted by Gasteiger charge is -2.10. The number of hydrogen-bond acceptors (Lipinski definition) is 2. The van der Waals surface area contributed by atoms with Crippen molar-refractivity contribution in [1.29, 1.82) is 0 Å². The maximum absolute atomic E-state index is 13.9. The van der Waals surface area contributed by atoms with E-state index in [9.17, 15) is 4.39 Å². The molecule has 0 fully saturated rings. The first kappa shape index (κ1) is 17.0. The highest BCUT2D eigenvalue weighted by Crippen LogP contribution is 2.32. The SMILES string of the molecule is Fc1[c]c(-c2ccc(Cl)cc2Cl)cc(OCc2ccc(Cl)nc2)c1. The van der Waals surface area contributed by atoms with Crippen molar-refractivity contribution in [3.05, 3.63) is 81.3 Å². The average molecular weight is 382 g/mol. The molecule has 0 amide bonds. The molecule has 3 rings (SSSR count). The molecule has 0 atom stereocenters. The number of nitrogens with zero attached hydrogens (tertiary/aromatic N) is 1. The minimum Gasteiger partial charge on any atom is -0.489 e. The van der Waals surface area contributed by atoms with Gasteiger partial charge in [-0.05, 0) is 29.8 Å². The van der Waals surface area contributed by atoms with Gasteiger partial charge >= 0.3 is 0 Å². The maximum Gasteiger partial charge on any atom is 0.135 e. The number of halogens is 4. The van der Waals surface area contributed by atoms with Gasteiger partial charge in [0, 0.05) is 39.5 Å². The molecular formula is C18H10Cl3FNO. The lowest BCUT2D eigenvalue weighted by atomic mass is 10.1. The van der Waals surface area contributed by atoms with Crippen LogP contribution in [0.4, 0.5) is 4.39 Å². The Morgan fingerprint density at radius 3 is 2.58 bits per heavy atom. The predicted molar refractivity (Wildman–Crippen MR) is 94.3 cm³/mol. The Hall–Kier alpha value is -1.81. The summed E-state index contributed by atoms with van der Waals surface area (Å²) in [5.41, 5.74) is 1.93. The number of hydrogen-bond donors (Lipinski definition) is 0. The van der Waals surface area contributed by atoms with Gasteiger partial charge in [-0.25, -0.2) is 9.37 Å². The first-order valence-corrected chi connectivity index (χ1v) is 8.06. The number of rotatable bonds is 4. The number of ether oxygens (including phenoxy) is 1. The molecule has 0 aliphatic rings. The Bertz CT molecular complexity index is 869. The second-order valence-corrected chi connectivity index (χ2v) is 6.21. The van der Waals surface area contributed by atoms with Gasteiger partial charge in [0.15, 0.2) is 0 Å². The van der Waals surface area contributed by atoms with Crippen molar-refractivity contribution >= 4 is 34.8 Å². The standard InChI is InChI=1S/C18H10Cl3FNO/c19-13-2-3-16(17(20)7-13)12-5-14(22)8-15(6-12)24-10-11-1-4-18(21)23-9-11/h1-4,6-9H,10H2. The lowest BCUT2D eigenvalue weighted by Crippen LogP contribution is -1.97. The summed E-state index contributed by atoms with van der Waals surface area (Å²) in [4.78, 5) is 3.97. The first-order chi connectivity index (χ1) is 11.5. The third-order valence-corrected chi connectivity index (χ3v) is 4.00. The van der Waals surface area contributed by atoms with E-state index in [1.165, 1.54) is 6.07 Å². The van der Waals surface area contributed by atoms with Gasteiger partial charge in [0.2, 0.25) is 0 Å². The summed E-state index contributed by atoms with van der Waals surface area (Å²) in [6, 6.07) is 14.0. The van der Waals surface area contributed by atoms with E-state index in [0.29, 0.717) is 32.1 Å². The zero-order valence-electron chi connectivity index (χ0n) is 12.2. The van der Waals surface area contributed by atoms with Crippen LogP contribution in [0.15, 0.2) is 48.7 Å². The summed E-state index contributed by atoms with van der Waals surface area (Å²) in [6.45, 7) is 0.238. The third kappa shape index (κ3) is 4.18. The molecule has 121 valence electrons. The van der Waals surface area contributed by atoms with Crippen molar-refractivity contribution < 1.29 is 9.13 Å². The molecular weight excluding hydrogens is 372 g/mol. The molecule has 0 aliphatic heterocycles. The Balaban J connectivity index is 1.84. The smallest absolute Gasteiger partial charge is 0.135 e. The quantitative estimate of drug-likeness (QED) is 0.500. The van der Waals surface area contributed by atoms with Gasteiger partial charge in [0.1, 0.15) is 23.3 Å². The fourth-order valence-corrected chi connectivity index (χ4v) is 2.73. The van der Waals surface area contributed by atoms with Crippen LogP contribution in [0.25, 0.3) is 11.1 Å². The number of pyridine rings is 1. The largest absolute Gasteiger partial charge is 0.489 e. The molecule has 0 N–H and O–H groups in total. The second-order valence-electron chi connectivity index (χ2n) is 4.98. The molecule has 6 heteroatoms. The molecule has 0 saturated heterocycles. The second kappa shape index (κ2) is 7.39. The van der Waals surface area contributed by atoms with Crippen molar-refractivity contribution in [2.24, 2.45) is 0 Å². The van der Waals surface area contributed by atoms with E-state index in [4.69, 9.17) is 39.5 Å². The minimum atomic E-state index is -0.539. The van der Waals surface area contributed by atoms with Gasteiger partial charge in [0.05, 0.1) is 0 Å². The summed E-state index contributed by atoms with van der Waals surface area (Å²) in [7, 11) is 0. The van der Waals surface area contributed by atoms with Gasteiger partial charge in [0.25, 0.3) is 0 Å². The maximum atomic E-state index is 13.9. The van der Waals surface area contributed by atoms with Crippen LogP contribution in [0.3, 0.4) is 0 Å². The van der Waals surface area contributed by atoms with Crippen LogP contribution in [0.2, 0.25) is 15.2 Å². The average Bonchev–Trinajstić information content (AvgIpc) is 2.54. The Kier molecular flexibility index (Phi) is 5.24. The van der Waals surface area contributed by atoms with Crippen molar-refractivity contribution in [2.45, 2.75) is 6.61 Å². The molecule has 0 spiro atoms. The van der Waals surface area contributed by atoms with E-state index >= 15 is 0 Å². The Morgan fingerprint density at radius 1 is 1.04 bits per heavy atom. The molecule has 3 aromatic rings. The molecule has 0 bridgehead atoms. The third-order valence-electron chi connectivity index (χ3n) is 3.23. The van der Waals surface area contributed by atoms with E-state index < -0.39 is 5.82 Å². The monoisotopic (exact) mass is 380 g/mol. The predicted octanol–water partition coefficient (Wildman–Crippen LogP) is 6.23. The molecule has 1 aromatic heterocycles. The van der Waals surface area contributed by atoms with E-state index in [1.54, 1.807) is 42.6 Å². The topological polar surface area (TPSA) is 22.1 Å². The highest BCUT2D eigenvalue weighted by atomic mass is 35.5. The molecule has 24 heavy (non-hydrogen) atoms. The van der Waals surface area contributed by atoms with Crippen molar-refractivity contribution in [3.63, 3.8) is 0 Å². The molecule has 0 saturated carbocycles. The van der Waals surface area contributed by atoms with Crippen molar-refractivity contribution in [1.82, 2.24) is 4.98 Å². The van der Waals surface area contributed by atoms with Crippen LogP contribution in [0.1, 0.15) is 5.56 Å². The molecule has 1 heterocycles. The molecule has 2 aromatic carbocycles. The zero-order valence-corrected chi connectivity index (χ0v) is 14.5. The minimum absolute atomic E-state index is 0.238. The summed E-state index contributed by atoms with van der Waals surface area (Å²) >= 11 is 17.8. The lowest BCUT2D eigenvalue weighted by molar-refractivity contribution is 0.304. The fourth-order valence-electron chi connectivity index (χ4n) is 2.10. The normalized spacial score (nSPS) is 10.7. The Morgan fingerprint density at radius 2 is 1.88 bits per heavy atom. The van der Waals surface area contributed by atoms with Crippen molar-refractivity contribution in [3.8, 4) is 16.9 Å². The highest BCUT2D eigenvalue weighted by molar-refractivity contribution is 6.36. The van der Waals surface area contributed by atoms with Crippen LogP contribution in [0, 0.1) is 11.9 Å². The first-order valence-electron chi connectivity index (χ1n) is 6.93. The van der Waals surface area contributed by atoms with Crippen LogP contribution in [-0.4, -0.2) is 4.98 Å². The summed E-state index contributed by atoms with van der Waals surface area (Å²) in [6.07, 6.45) is 1.60. The van der Waals surface area contributed by atoms with Gasteiger partial charge < -0.3 is 4.74 Å². The summed E-state index contributed by atoms with van der Waals surface area (Å²) in [5, 5.41) is 1.32. The number of aromatic nitrogens is 1. The van der Waals surface area contributed by atoms with Gasteiger partial charge in [-0.1, -0.05) is 46.9 Å². The van der Waals surface area contributed by atoms with E-state index in [0.717, 1.165) is 5.56 Å². The van der Waals surface area contributed by atoms with Crippen LogP contribution < -0.4 is 4.74 Å². The molecule has 0 aliphatic carbocycles. The van der Waals surface area contributed by atoms with Crippen LogP contribution in [-0.2, 0) is 6.61 Å². The Labute approximate surface area is 153 Å². The zero-order chi connectivity index (χ0) is 17.1. The fraction of sp³-hybridized carbons (Fsp3) is 0.0556. The molecule has 1 radical (unpaired) electrons. The van der Waals surface area contributed by atoms with Gasteiger partial charge in [-0.2, -0.15) is 0 Å².